The molecule has 0 amide bonds. The predicted octanol–water partition coefficient (Wildman–Crippen LogP) is 2.05. The van der Waals surface area contributed by atoms with E-state index in [-0.39, 0.29) is 0 Å². The van der Waals surface area contributed by atoms with Crippen molar-refractivity contribution in [3.63, 3.8) is 0 Å². The maximum Gasteiger partial charge on any atom is 0.0601 e. The summed E-state index contributed by atoms with van der Waals surface area (Å²) in [5, 5.41) is 3.58. The van der Waals surface area contributed by atoms with Crippen LogP contribution in [0.15, 0.2) is 0 Å². The van der Waals surface area contributed by atoms with Gasteiger partial charge in [-0.15, -0.1) is 0 Å². The lowest BCUT2D eigenvalue weighted by molar-refractivity contribution is 0.0162. The second-order valence-corrected chi connectivity index (χ2v) is 4.66. The van der Waals surface area contributed by atoms with E-state index in [1.165, 1.54) is 12.8 Å². The third kappa shape index (κ3) is 3.28. The number of rotatable bonds is 5. The zero-order valence-corrected chi connectivity index (χ0v) is 9.34. The van der Waals surface area contributed by atoms with Crippen LogP contribution in [0.2, 0.25) is 0 Å². The summed E-state index contributed by atoms with van der Waals surface area (Å²) in [6.07, 6.45) is 2.91. The fourth-order valence-corrected chi connectivity index (χ4v) is 1.51. The summed E-state index contributed by atoms with van der Waals surface area (Å²) in [7, 11) is 1.80. The number of ether oxygens (including phenoxy) is 1. The number of nitrogens with one attached hydrogen (secondary N) is 1. The largest absolute Gasteiger partial charge is 0.381 e. The average molecular weight is 185 g/mol. The Morgan fingerprint density at radius 3 is 2.38 bits per heavy atom. The molecule has 1 unspecified atom stereocenters. The molecule has 2 nitrogen and oxygen atoms in total. The molecule has 13 heavy (non-hydrogen) atoms. The van der Waals surface area contributed by atoms with E-state index >= 15 is 0 Å². The predicted molar refractivity (Wildman–Crippen MR) is 55.8 cm³/mol. The highest BCUT2D eigenvalue weighted by Crippen LogP contribution is 2.22. The van der Waals surface area contributed by atoms with Gasteiger partial charge in [0.15, 0.2) is 0 Å². The smallest absolute Gasteiger partial charge is 0.0601 e. The lowest BCUT2D eigenvalue weighted by Gasteiger charge is -2.35. The minimum atomic E-state index is 0.520. The van der Waals surface area contributed by atoms with Crippen molar-refractivity contribution in [1.29, 1.82) is 0 Å². The number of hydrogen-bond acceptors (Lipinski definition) is 2. The molecule has 0 heterocycles. The third-order valence-electron chi connectivity index (χ3n) is 3.29. The van der Waals surface area contributed by atoms with Gasteiger partial charge in [-0.3, -0.25) is 0 Å². The molecule has 2 heteroatoms. The van der Waals surface area contributed by atoms with Crippen LogP contribution >= 0.6 is 0 Å². The van der Waals surface area contributed by atoms with E-state index in [9.17, 15) is 0 Å². The van der Waals surface area contributed by atoms with E-state index < -0.39 is 0 Å². The molecule has 0 aromatic carbocycles. The van der Waals surface area contributed by atoms with Gasteiger partial charge in [-0.25, -0.2) is 0 Å². The molecule has 1 aliphatic rings. The van der Waals surface area contributed by atoms with Gasteiger partial charge >= 0.3 is 0 Å². The highest BCUT2D eigenvalue weighted by molar-refractivity contribution is 4.86. The van der Waals surface area contributed by atoms with Gasteiger partial charge in [0.2, 0.25) is 0 Å². The van der Waals surface area contributed by atoms with E-state index in [0.717, 1.165) is 18.4 Å². The normalized spacial score (nSPS) is 30.2. The van der Waals surface area contributed by atoms with Gasteiger partial charge in [-0.1, -0.05) is 20.8 Å². The van der Waals surface area contributed by atoms with Crippen LogP contribution in [0.5, 0.6) is 0 Å². The molecule has 0 aliphatic heterocycles. The Hall–Kier alpha value is -0.0800. The summed E-state index contributed by atoms with van der Waals surface area (Å²) in [4.78, 5) is 0. The molecule has 1 atom stereocenters. The molecule has 0 aromatic rings. The molecule has 78 valence electrons. The van der Waals surface area contributed by atoms with Crippen LogP contribution < -0.4 is 5.32 Å². The first kappa shape index (κ1) is 11.0. The van der Waals surface area contributed by atoms with E-state index in [1.54, 1.807) is 7.11 Å². The van der Waals surface area contributed by atoms with Crippen molar-refractivity contribution in [3.8, 4) is 0 Å². The standard InChI is InChI=1S/C11H23NO/c1-8(2)9(3)7-12-10-5-11(6-10)13-4/h8-12H,5-7H2,1-4H3. The van der Waals surface area contributed by atoms with Crippen LogP contribution in [0, 0.1) is 11.8 Å². The van der Waals surface area contributed by atoms with Crippen molar-refractivity contribution < 1.29 is 4.74 Å². The van der Waals surface area contributed by atoms with Gasteiger partial charge in [0.25, 0.3) is 0 Å². The Bertz CT molecular complexity index is 141. The van der Waals surface area contributed by atoms with Gasteiger partial charge < -0.3 is 10.1 Å². The van der Waals surface area contributed by atoms with E-state index in [1.807, 2.05) is 0 Å². The lowest BCUT2D eigenvalue weighted by Crippen LogP contribution is -2.46. The molecule has 1 saturated carbocycles. The van der Waals surface area contributed by atoms with Gasteiger partial charge in [0.1, 0.15) is 0 Å². The average Bonchev–Trinajstić information content (AvgIpc) is 2.01. The molecular weight excluding hydrogens is 162 g/mol. The van der Waals surface area contributed by atoms with Gasteiger partial charge in [-0.2, -0.15) is 0 Å². The first-order valence-corrected chi connectivity index (χ1v) is 5.39. The van der Waals surface area contributed by atoms with Crippen molar-refractivity contribution in [2.24, 2.45) is 11.8 Å². The second-order valence-electron chi connectivity index (χ2n) is 4.66. The monoisotopic (exact) mass is 185 g/mol. The fraction of sp³-hybridized carbons (Fsp3) is 1.00. The Balaban J connectivity index is 2.02. The molecule has 0 bridgehead atoms. The zero-order valence-electron chi connectivity index (χ0n) is 9.34. The number of methoxy groups -OCH3 is 1. The van der Waals surface area contributed by atoms with Crippen LogP contribution in [0.1, 0.15) is 33.6 Å². The maximum absolute atomic E-state index is 5.23. The van der Waals surface area contributed by atoms with Crippen LogP contribution in [-0.4, -0.2) is 25.8 Å². The van der Waals surface area contributed by atoms with E-state index in [4.69, 9.17) is 4.74 Å². The summed E-state index contributed by atoms with van der Waals surface area (Å²) in [6, 6.07) is 0.714. The zero-order chi connectivity index (χ0) is 9.84. The Labute approximate surface area is 82.0 Å². The SMILES string of the molecule is COC1CC(NCC(C)C(C)C)C1. The Morgan fingerprint density at radius 1 is 1.31 bits per heavy atom. The first-order chi connectivity index (χ1) is 6.13. The van der Waals surface area contributed by atoms with Crippen molar-refractivity contribution in [2.45, 2.75) is 45.8 Å². The molecule has 1 N–H and O–H groups in total. The summed E-state index contributed by atoms with van der Waals surface area (Å²) in [5.74, 6) is 1.56. The van der Waals surface area contributed by atoms with Gasteiger partial charge in [0, 0.05) is 13.2 Å². The molecule has 0 saturated heterocycles. The quantitative estimate of drug-likeness (QED) is 0.708. The summed E-state index contributed by atoms with van der Waals surface area (Å²) >= 11 is 0. The van der Waals surface area contributed by atoms with E-state index in [2.05, 4.69) is 26.1 Å². The van der Waals surface area contributed by atoms with Crippen LogP contribution in [0.25, 0.3) is 0 Å². The summed E-state index contributed by atoms with van der Waals surface area (Å²) < 4.78 is 5.23. The molecule has 1 rings (SSSR count). The second kappa shape index (κ2) is 4.97. The summed E-state index contributed by atoms with van der Waals surface area (Å²) in [5.41, 5.74) is 0. The Kier molecular flexibility index (Phi) is 4.20. The lowest BCUT2D eigenvalue weighted by atomic mass is 9.88. The molecule has 1 fully saturated rings. The Morgan fingerprint density at radius 2 is 1.92 bits per heavy atom. The van der Waals surface area contributed by atoms with Gasteiger partial charge in [0.05, 0.1) is 6.10 Å². The van der Waals surface area contributed by atoms with Crippen LogP contribution in [0.3, 0.4) is 0 Å². The summed E-state index contributed by atoms with van der Waals surface area (Å²) in [6.45, 7) is 8.03. The highest BCUT2D eigenvalue weighted by atomic mass is 16.5. The van der Waals surface area contributed by atoms with Gasteiger partial charge in [-0.05, 0) is 31.2 Å². The number of hydrogen-bond donors (Lipinski definition) is 1. The molecule has 0 aromatic heterocycles. The minimum absolute atomic E-state index is 0.520. The van der Waals surface area contributed by atoms with E-state index in [0.29, 0.717) is 12.1 Å². The minimum Gasteiger partial charge on any atom is -0.381 e. The third-order valence-corrected chi connectivity index (χ3v) is 3.29. The molecule has 1 aliphatic carbocycles. The highest BCUT2D eigenvalue weighted by Gasteiger charge is 2.28. The van der Waals surface area contributed by atoms with Crippen molar-refractivity contribution >= 4 is 0 Å². The molecular formula is C11H23NO. The molecule has 0 spiro atoms. The van der Waals surface area contributed by atoms with Crippen LogP contribution in [-0.2, 0) is 4.74 Å². The first-order valence-electron chi connectivity index (χ1n) is 5.39. The maximum atomic E-state index is 5.23. The van der Waals surface area contributed by atoms with Crippen molar-refractivity contribution in [1.82, 2.24) is 5.32 Å². The van der Waals surface area contributed by atoms with Crippen LogP contribution in [0.4, 0.5) is 0 Å². The topological polar surface area (TPSA) is 21.3 Å². The molecule has 0 radical (unpaired) electrons. The van der Waals surface area contributed by atoms with Crippen molar-refractivity contribution in [2.75, 3.05) is 13.7 Å². The fourth-order valence-electron chi connectivity index (χ4n) is 1.51. The van der Waals surface area contributed by atoms with Crippen molar-refractivity contribution in [3.05, 3.63) is 0 Å².